The third-order valence-electron chi connectivity index (χ3n) is 3.74. The lowest BCUT2D eigenvalue weighted by Crippen LogP contribution is -2.32. The van der Waals surface area contributed by atoms with Crippen LogP contribution in [0.3, 0.4) is 0 Å². The summed E-state index contributed by atoms with van der Waals surface area (Å²) in [5.74, 6) is 0.549. The molecule has 0 amide bonds. The zero-order valence-corrected chi connectivity index (χ0v) is 8.69. The fourth-order valence-electron chi connectivity index (χ4n) is 2.96. The molecule has 4 unspecified atom stereocenters. The topological polar surface area (TPSA) is 50.1 Å². The van der Waals surface area contributed by atoms with E-state index in [4.69, 9.17) is 5.73 Å². The molecule has 0 spiro atoms. The van der Waals surface area contributed by atoms with Crippen LogP contribution in [-0.4, -0.2) is 12.1 Å². The zero-order valence-electron chi connectivity index (χ0n) is 8.69. The van der Waals surface area contributed by atoms with E-state index in [-0.39, 0.29) is 0 Å². The van der Waals surface area contributed by atoms with E-state index >= 15 is 0 Å². The predicted octanol–water partition coefficient (Wildman–Crippen LogP) is 0.941. The van der Waals surface area contributed by atoms with E-state index in [0.29, 0.717) is 24.0 Å². The third-order valence-corrected chi connectivity index (χ3v) is 3.74. The highest BCUT2D eigenvalue weighted by atomic mass is 15.4. The molecular weight excluding hydrogens is 186 g/mol. The summed E-state index contributed by atoms with van der Waals surface area (Å²) in [5, 5.41) is 0. The summed E-state index contributed by atoms with van der Waals surface area (Å²) < 4.78 is 0. The van der Waals surface area contributed by atoms with Crippen LogP contribution in [0.25, 0.3) is 0 Å². The fraction of sp³-hybridized carbons (Fsp3) is 0.500. The van der Waals surface area contributed by atoms with Gasteiger partial charge in [0, 0.05) is 18.0 Å². The molecule has 1 aliphatic heterocycles. The van der Waals surface area contributed by atoms with Crippen molar-refractivity contribution in [2.75, 3.05) is 0 Å². The Morgan fingerprint density at radius 1 is 1.07 bits per heavy atom. The van der Waals surface area contributed by atoms with Crippen molar-refractivity contribution in [2.24, 2.45) is 11.7 Å². The van der Waals surface area contributed by atoms with E-state index in [9.17, 15) is 0 Å². The molecule has 80 valence electrons. The Morgan fingerprint density at radius 2 is 1.87 bits per heavy atom. The number of benzene rings is 1. The summed E-state index contributed by atoms with van der Waals surface area (Å²) >= 11 is 0. The second-order valence-electron chi connectivity index (χ2n) is 4.60. The van der Waals surface area contributed by atoms with Crippen molar-refractivity contribution in [3.05, 3.63) is 35.9 Å². The van der Waals surface area contributed by atoms with Crippen molar-refractivity contribution in [3.8, 4) is 0 Å². The molecule has 3 rings (SSSR count). The van der Waals surface area contributed by atoms with Crippen LogP contribution in [0.5, 0.6) is 0 Å². The van der Waals surface area contributed by atoms with Crippen LogP contribution >= 0.6 is 0 Å². The highest BCUT2D eigenvalue weighted by Gasteiger charge is 2.44. The molecule has 4 N–H and O–H groups in total. The summed E-state index contributed by atoms with van der Waals surface area (Å²) in [7, 11) is 0. The Bertz CT molecular complexity index is 338. The van der Waals surface area contributed by atoms with Crippen LogP contribution in [0.1, 0.15) is 24.4 Å². The Hall–Kier alpha value is -0.900. The Morgan fingerprint density at radius 3 is 2.67 bits per heavy atom. The number of hydrogen-bond acceptors (Lipinski definition) is 3. The maximum atomic E-state index is 6.17. The fourth-order valence-corrected chi connectivity index (χ4v) is 2.96. The van der Waals surface area contributed by atoms with Gasteiger partial charge in [-0.2, -0.15) is 0 Å². The second kappa shape index (κ2) is 3.59. The van der Waals surface area contributed by atoms with Crippen LogP contribution in [0.2, 0.25) is 0 Å². The van der Waals surface area contributed by atoms with Gasteiger partial charge in [-0.15, -0.1) is 0 Å². The summed E-state index contributed by atoms with van der Waals surface area (Å²) in [6, 6.07) is 11.9. The van der Waals surface area contributed by atoms with Crippen molar-refractivity contribution >= 4 is 0 Å². The van der Waals surface area contributed by atoms with Gasteiger partial charge in [-0.05, 0) is 18.4 Å². The number of nitrogens with one attached hydrogen (secondary N) is 2. The van der Waals surface area contributed by atoms with Gasteiger partial charge in [0.1, 0.15) is 0 Å². The van der Waals surface area contributed by atoms with Gasteiger partial charge in [0.2, 0.25) is 0 Å². The van der Waals surface area contributed by atoms with Gasteiger partial charge in [0.05, 0.1) is 6.04 Å². The Balaban J connectivity index is 1.88. The molecule has 15 heavy (non-hydrogen) atoms. The molecule has 1 aromatic carbocycles. The molecule has 1 saturated carbocycles. The van der Waals surface area contributed by atoms with Gasteiger partial charge in [-0.3, -0.25) is 5.43 Å². The quantitative estimate of drug-likeness (QED) is 0.636. The zero-order chi connectivity index (χ0) is 10.3. The number of hydrazine groups is 1. The first-order valence-electron chi connectivity index (χ1n) is 5.68. The average Bonchev–Trinajstić information content (AvgIpc) is 2.84. The molecule has 1 heterocycles. The van der Waals surface area contributed by atoms with Gasteiger partial charge in [0.15, 0.2) is 0 Å². The molecule has 1 saturated heterocycles. The molecule has 3 heteroatoms. The molecule has 3 nitrogen and oxygen atoms in total. The van der Waals surface area contributed by atoms with Crippen molar-refractivity contribution in [3.63, 3.8) is 0 Å². The number of nitrogens with two attached hydrogens (primary N) is 1. The maximum Gasteiger partial charge on any atom is 0.0520 e. The van der Waals surface area contributed by atoms with Crippen molar-refractivity contribution < 1.29 is 0 Å². The van der Waals surface area contributed by atoms with Gasteiger partial charge in [-0.1, -0.05) is 30.3 Å². The normalized spacial score (nSPS) is 39.3. The average molecular weight is 203 g/mol. The molecule has 1 aliphatic carbocycles. The largest absolute Gasteiger partial charge is 0.327 e. The summed E-state index contributed by atoms with van der Waals surface area (Å²) in [4.78, 5) is 0. The van der Waals surface area contributed by atoms with E-state index in [0.717, 1.165) is 6.42 Å². The van der Waals surface area contributed by atoms with Crippen molar-refractivity contribution in [1.82, 2.24) is 10.9 Å². The highest BCUT2D eigenvalue weighted by molar-refractivity contribution is 5.23. The Labute approximate surface area is 90.0 Å². The highest BCUT2D eigenvalue weighted by Crippen LogP contribution is 2.38. The van der Waals surface area contributed by atoms with E-state index < -0.39 is 0 Å². The minimum Gasteiger partial charge on any atom is -0.327 e. The molecule has 1 aromatic rings. The third kappa shape index (κ3) is 1.47. The van der Waals surface area contributed by atoms with Gasteiger partial charge in [-0.25, -0.2) is 5.43 Å². The molecule has 0 radical (unpaired) electrons. The summed E-state index contributed by atoms with van der Waals surface area (Å²) in [6.45, 7) is 0. The van der Waals surface area contributed by atoms with Crippen LogP contribution in [-0.2, 0) is 0 Å². The van der Waals surface area contributed by atoms with Crippen molar-refractivity contribution in [2.45, 2.75) is 31.0 Å². The number of fused-ring (bicyclic) bond motifs is 1. The number of hydrogen-bond donors (Lipinski definition) is 3. The smallest absolute Gasteiger partial charge is 0.0520 e. The van der Waals surface area contributed by atoms with Crippen LogP contribution < -0.4 is 16.6 Å². The van der Waals surface area contributed by atoms with Gasteiger partial charge in [0.25, 0.3) is 0 Å². The first-order chi connectivity index (χ1) is 7.36. The summed E-state index contributed by atoms with van der Waals surface area (Å²) in [5.41, 5.74) is 14.3. The number of rotatable bonds is 1. The van der Waals surface area contributed by atoms with Gasteiger partial charge < -0.3 is 5.73 Å². The molecule has 2 fully saturated rings. The summed E-state index contributed by atoms with van der Waals surface area (Å²) in [6.07, 6.45) is 2.34. The minimum absolute atomic E-state index is 0.336. The first-order valence-corrected chi connectivity index (χ1v) is 5.68. The standard InChI is InChI=1S/C12H17N3/c13-9-6-7-10-11(9)12(15-14-10)8-4-2-1-3-5-8/h1-5,9-12,14-15H,6-7,13H2. The molecular formula is C12H17N3. The predicted molar refractivity (Wildman–Crippen MR) is 59.9 cm³/mol. The lowest BCUT2D eigenvalue weighted by Gasteiger charge is -2.21. The molecule has 0 bridgehead atoms. The Kier molecular flexibility index (Phi) is 2.24. The van der Waals surface area contributed by atoms with E-state index in [1.807, 2.05) is 0 Å². The second-order valence-corrected chi connectivity index (χ2v) is 4.60. The van der Waals surface area contributed by atoms with Crippen molar-refractivity contribution in [1.29, 1.82) is 0 Å². The first kappa shape index (κ1) is 9.33. The maximum absolute atomic E-state index is 6.17. The van der Waals surface area contributed by atoms with E-state index in [1.54, 1.807) is 0 Å². The van der Waals surface area contributed by atoms with E-state index in [2.05, 4.69) is 41.2 Å². The lowest BCUT2D eigenvalue weighted by atomic mass is 9.89. The molecule has 2 aliphatic rings. The lowest BCUT2D eigenvalue weighted by molar-refractivity contribution is 0.412. The van der Waals surface area contributed by atoms with E-state index in [1.165, 1.54) is 12.0 Å². The molecule has 4 atom stereocenters. The van der Waals surface area contributed by atoms with Crippen LogP contribution in [0, 0.1) is 5.92 Å². The monoisotopic (exact) mass is 203 g/mol. The van der Waals surface area contributed by atoms with Crippen LogP contribution in [0.15, 0.2) is 30.3 Å². The molecule has 0 aromatic heterocycles. The minimum atomic E-state index is 0.336. The van der Waals surface area contributed by atoms with Crippen LogP contribution in [0.4, 0.5) is 0 Å². The van der Waals surface area contributed by atoms with Gasteiger partial charge >= 0.3 is 0 Å². The SMILES string of the molecule is NC1CCC2NNC(c3ccccc3)C12.